The predicted molar refractivity (Wildman–Crippen MR) is 74.7 cm³/mol. The Balaban J connectivity index is 1.94. The van der Waals surface area contributed by atoms with Gasteiger partial charge in [0.25, 0.3) is 0 Å². The van der Waals surface area contributed by atoms with Crippen molar-refractivity contribution >= 4 is 0 Å². The minimum Gasteiger partial charge on any atom is -0.489 e. The van der Waals surface area contributed by atoms with E-state index in [1.165, 1.54) is 44.9 Å². The van der Waals surface area contributed by atoms with Crippen molar-refractivity contribution in [2.24, 2.45) is 0 Å². The molecule has 0 aliphatic carbocycles. The normalized spacial score (nSPS) is 10.5. The Labute approximate surface area is 111 Å². The Hall–Kier alpha value is -1.18. The average molecular weight is 249 g/mol. The fourth-order valence-corrected chi connectivity index (χ4v) is 1.99. The van der Waals surface area contributed by atoms with Crippen LogP contribution in [0, 0.1) is 0 Å². The zero-order valence-corrected chi connectivity index (χ0v) is 11.5. The second-order valence-electron chi connectivity index (χ2n) is 4.77. The van der Waals surface area contributed by atoms with Gasteiger partial charge in [-0.05, 0) is 18.6 Å². The van der Waals surface area contributed by atoms with Crippen molar-refractivity contribution in [2.45, 2.75) is 58.3 Å². The molecule has 1 rings (SSSR count). The second kappa shape index (κ2) is 9.81. The molecule has 0 spiro atoms. The number of ether oxygens (including phenoxy) is 1. The van der Waals surface area contributed by atoms with Crippen molar-refractivity contribution in [3.63, 3.8) is 0 Å². The fraction of sp³-hybridized carbons (Fsp3) is 0.625. The topological polar surface area (TPSA) is 29.1 Å². The molecule has 2 heteroatoms. The van der Waals surface area contributed by atoms with E-state index < -0.39 is 0 Å². The Kier molecular flexibility index (Phi) is 8.11. The van der Waals surface area contributed by atoms with Gasteiger partial charge >= 0.3 is 0 Å². The van der Waals surface area contributed by atoms with E-state index in [0.717, 1.165) is 6.42 Å². The van der Waals surface area contributed by atoms with Crippen LogP contribution in [0.2, 0.25) is 0 Å². The Morgan fingerprint density at radius 3 is 2.17 bits per heavy atom. The van der Waals surface area contributed by atoms with E-state index in [-0.39, 0.29) is 5.75 Å². The lowest BCUT2D eigenvalue weighted by Gasteiger charge is -2.06. The predicted octanol–water partition coefficient (Wildman–Crippen LogP) is 5.35. The third-order valence-corrected chi connectivity index (χ3v) is 3.10. The molecule has 1 aromatic carbocycles. The summed E-state index contributed by atoms with van der Waals surface area (Å²) in [6.07, 6.45) is 10.3. The molecule has 0 unspecified atom stereocenters. The molecule has 1 radical (unpaired) electrons. The first-order valence-electron chi connectivity index (χ1n) is 7.23. The molecule has 0 aliphatic rings. The molecule has 18 heavy (non-hydrogen) atoms. The van der Waals surface area contributed by atoms with Crippen LogP contribution >= 0.6 is 0 Å². The van der Waals surface area contributed by atoms with Gasteiger partial charge < -0.3 is 4.74 Å². The lowest BCUT2D eigenvalue weighted by atomic mass is 10.1. The van der Waals surface area contributed by atoms with Gasteiger partial charge in [-0.2, -0.15) is 0 Å². The molecule has 0 atom stereocenters. The molecular formula is C16H25O2. The second-order valence-corrected chi connectivity index (χ2v) is 4.77. The number of benzene rings is 1. The third kappa shape index (κ3) is 6.53. The van der Waals surface area contributed by atoms with Crippen LogP contribution in [0.25, 0.3) is 0 Å². The van der Waals surface area contributed by atoms with Crippen LogP contribution in [-0.4, -0.2) is 6.61 Å². The molecule has 0 aliphatic heterocycles. The van der Waals surface area contributed by atoms with Crippen molar-refractivity contribution in [1.82, 2.24) is 0 Å². The summed E-state index contributed by atoms with van der Waals surface area (Å²) in [5, 5.41) is 11.4. The lowest BCUT2D eigenvalue weighted by molar-refractivity contribution is 0.269. The summed E-state index contributed by atoms with van der Waals surface area (Å²) >= 11 is 0. The number of hydrogen-bond donors (Lipinski definition) is 0. The minimum absolute atomic E-state index is 0.0166. The van der Waals surface area contributed by atoms with Gasteiger partial charge in [0, 0.05) is 0 Å². The highest BCUT2D eigenvalue weighted by Crippen LogP contribution is 2.25. The minimum atomic E-state index is -0.0166. The number of rotatable bonds is 10. The van der Waals surface area contributed by atoms with Gasteiger partial charge in [0.15, 0.2) is 5.75 Å². The highest BCUT2D eigenvalue weighted by molar-refractivity contribution is 5.37. The summed E-state index contributed by atoms with van der Waals surface area (Å²) in [5.41, 5.74) is 0. The zero-order chi connectivity index (χ0) is 13.1. The Morgan fingerprint density at radius 1 is 0.889 bits per heavy atom. The van der Waals surface area contributed by atoms with Gasteiger partial charge in [-0.25, -0.2) is 0 Å². The Bertz CT molecular complexity index is 310. The maximum atomic E-state index is 11.4. The standard InChI is InChI=1S/C16H25O2/c1-2-3-4-5-6-7-8-11-14-18-16-13-10-9-12-15(16)17/h9-10,12-13H,2-8,11,14H2,1H3. The molecule has 0 bridgehead atoms. The summed E-state index contributed by atoms with van der Waals surface area (Å²) in [4.78, 5) is 0. The van der Waals surface area contributed by atoms with E-state index in [2.05, 4.69) is 6.92 Å². The van der Waals surface area contributed by atoms with E-state index >= 15 is 0 Å². The van der Waals surface area contributed by atoms with Crippen molar-refractivity contribution in [2.75, 3.05) is 6.61 Å². The van der Waals surface area contributed by atoms with E-state index in [1.54, 1.807) is 18.2 Å². The molecule has 0 fully saturated rings. The number of hydrogen-bond acceptors (Lipinski definition) is 1. The molecular weight excluding hydrogens is 224 g/mol. The van der Waals surface area contributed by atoms with Crippen molar-refractivity contribution in [3.8, 4) is 11.5 Å². The Morgan fingerprint density at radius 2 is 1.50 bits per heavy atom. The molecule has 0 saturated heterocycles. The van der Waals surface area contributed by atoms with Gasteiger partial charge in [-0.3, -0.25) is 5.11 Å². The van der Waals surface area contributed by atoms with Crippen molar-refractivity contribution in [3.05, 3.63) is 24.3 Å². The SMILES string of the molecule is CCCCCCCCCCOc1ccccc1[O]. The van der Waals surface area contributed by atoms with E-state index in [0.29, 0.717) is 12.4 Å². The summed E-state index contributed by atoms with van der Waals surface area (Å²) < 4.78 is 5.47. The van der Waals surface area contributed by atoms with Crippen molar-refractivity contribution in [1.29, 1.82) is 0 Å². The summed E-state index contributed by atoms with van der Waals surface area (Å²) in [6.45, 7) is 2.90. The van der Waals surface area contributed by atoms with Crippen LogP contribution in [0.15, 0.2) is 24.3 Å². The molecule has 101 valence electrons. The van der Waals surface area contributed by atoms with E-state index in [1.807, 2.05) is 6.07 Å². The maximum Gasteiger partial charge on any atom is 0.220 e. The smallest absolute Gasteiger partial charge is 0.220 e. The molecule has 1 aromatic rings. The lowest BCUT2D eigenvalue weighted by Crippen LogP contribution is -1.97. The van der Waals surface area contributed by atoms with Gasteiger partial charge in [0.05, 0.1) is 6.61 Å². The van der Waals surface area contributed by atoms with Crippen LogP contribution < -0.4 is 4.74 Å². The quantitative estimate of drug-likeness (QED) is 0.514. The summed E-state index contributed by atoms with van der Waals surface area (Å²) in [6, 6.07) is 6.87. The molecule has 2 nitrogen and oxygen atoms in total. The molecule has 0 saturated carbocycles. The highest BCUT2D eigenvalue weighted by atomic mass is 16.5. The molecule has 0 amide bonds. The van der Waals surface area contributed by atoms with Gasteiger partial charge in [0.2, 0.25) is 5.75 Å². The van der Waals surface area contributed by atoms with Crippen LogP contribution in [0.4, 0.5) is 0 Å². The van der Waals surface area contributed by atoms with Crippen LogP contribution in [0.1, 0.15) is 58.3 Å². The fourth-order valence-electron chi connectivity index (χ4n) is 1.99. The summed E-state index contributed by atoms with van der Waals surface area (Å²) in [7, 11) is 0. The van der Waals surface area contributed by atoms with Crippen LogP contribution in [0.5, 0.6) is 11.5 Å². The molecule has 0 heterocycles. The van der Waals surface area contributed by atoms with Crippen LogP contribution in [0.3, 0.4) is 0 Å². The van der Waals surface area contributed by atoms with E-state index in [4.69, 9.17) is 4.74 Å². The monoisotopic (exact) mass is 249 g/mol. The first-order chi connectivity index (χ1) is 8.84. The first kappa shape index (κ1) is 14.9. The van der Waals surface area contributed by atoms with Gasteiger partial charge in [-0.15, -0.1) is 0 Å². The van der Waals surface area contributed by atoms with Crippen molar-refractivity contribution < 1.29 is 9.84 Å². The third-order valence-electron chi connectivity index (χ3n) is 3.10. The van der Waals surface area contributed by atoms with Gasteiger partial charge in [0.1, 0.15) is 0 Å². The number of para-hydroxylation sites is 2. The van der Waals surface area contributed by atoms with Gasteiger partial charge in [-0.1, -0.05) is 64.0 Å². The van der Waals surface area contributed by atoms with Crippen LogP contribution in [-0.2, 0) is 5.11 Å². The first-order valence-corrected chi connectivity index (χ1v) is 7.23. The molecule has 0 aromatic heterocycles. The maximum absolute atomic E-state index is 11.4. The summed E-state index contributed by atoms with van der Waals surface area (Å²) in [5.74, 6) is 0.470. The average Bonchev–Trinajstić information content (AvgIpc) is 2.39. The highest BCUT2D eigenvalue weighted by Gasteiger charge is 2.01. The largest absolute Gasteiger partial charge is 0.489 e. The zero-order valence-electron chi connectivity index (χ0n) is 11.5. The number of unbranched alkanes of at least 4 members (excludes halogenated alkanes) is 7. The molecule has 0 N–H and O–H groups in total. The van der Waals surface area contributed by atoms with E-state index in [9.17, 15) is 5.11 Å².